The van der Waals surface area contributed by atoms with Gasteiger partial charge in [0.15, 0.2) is 0 Å². The van der Waals surface area contributed by atoms with E-state index in [0.29, 0.717) is 6.61 Å². The second-order valence-corrected chi connectivity index (χ2v) is 4.41. The van der Waals surface area contributed by atoms with Gasteiger partial charge >= 0.3 is 71.9 Å². The minimum atomic E-state index is -0.333. The van der Waals surface area contributed by atoms with Gasteiger partial charge in [0.1, 0.15) is 0 Å². The van der Waals surface area contributed by atoms with Crippen molar-refractivity contribution in [1.82, 2.24) is 0 Å². The van der Waals surface area contributed by atoms with Gasteiger partial charge in [0, 0.05) is 0 Å². The minimum absolute atomic E-state index is 0.185. The number of carbonyl (C=O) groups excluding carboxylic acids is 1. The summed E-state index contributed by atoms with van der Waals surface area (Å²) in [4.78, 5) is 13.1. The maximum absolute atomic E-state index is 11.1. The monoisotopic (exact) mass is 212 g/mol. The zero-order chi connectivity index (χ0) is 8.10. The summed E-state index contributed by atoms with van der Waals surface area (Å²) in [5, 5.41) is 0. The van der Waals surface area contributed by atoms with Gasteiger partial charge < -0.3 is 0 Å². The van der Waals surface area contributed by atoms with Crippen LogP contribution in [0, 0.1) is 0 Å². The van der Waals surface area contributed by atoms with Crippen LogP contribution >= 0.6 is 0 Å². The number of allylic oxidation sites excluding steroid dienone is 2. The molecule has 0 N–H and O–H groups in total. The molecule has 0 aromatic carbocycles. The standard InChI is InChI=1S/C8H9AsO2/c1-2-6-11-8(10)7-4-3-5-9-7/h2-5,9H,1,6H2. The van der Waals surface area contributed by atoms with E-state index in [1.54, 1.807) is 6.08 Å². The summed E-state index contributed by atoms with van der Waals surface area (Å²) in [6.45, 7) is 3.77. The van der Waals surface area contributed by atoms with Crippen LogP contribution in [-0.2, 0) is 9.53 Å². The summed E-state index contributed by atoms with van der Waals surface area (Å²) in [5.41, 5.74) is 0. The summed E-state index contributed by atoms with van der Waals surface area (Å²) in [5.74, 6) is -0.185. The Morgan fingerprint density at radius 1 is 1.82 bits per heavy atom. The third kappa shape index (κ3) is 2.39. The van der Waals surface area contributed by atoms with E-state index in [2.05, 4.69) is 6.58 Å². The van der Waals surface area contributed by atoms with Gasteiger partial charge in [-0.2, -0.15) is 0 Å². The molecule has 11 heavy (non-hydrogen) atoms. The van der Waals surface area contributed by atoms with Gasteiger partial charge in [-0.3, -0.25) is 0 Å². The number of hydrogen-bond donors (Lipinski definition) is 0. The molecule has 1 aliphatic heterocycles. The molecule has 0 fully saturated rings. The molecule has 3 heteroatoms. The fraction of sp³-hybridized carbons (Fsp3) is 0.125. The molecule has 0 saturated heterocycles. The van der Waals surface area contributed by atoms with Crippen LogP contribution in [0.1, 0.15) is 0 Å². The van der Waals surface area contributed by atoms with Crippen molar-refractivity contribution in [3.8, 4) is 0 Å². The first-order valence-corrected chi connectivity index (χ1v) is 5.52. The molecule has 1 unspecified atom stereocenters. The second-order valence-electron chi connectivity index (χ2n) is 1.97. The summed E-state index contributed by atoms with van der Waals surface area (Å²) < 4.78 is 5.68. The molecular weight excluding hydrogens is 203 g/mol. The van der Waals surface area contributed by atoms with Gasteiger partial charge in [-0.25, -0.2) is 0 Å². The number of rotatable bonds is 3. The molecule has 0 saturated carbocycles. The molecule has 1 atom stereocenters. The predicted octanol–water partition coefficient (Wildman–Crippen LogP) is 0.563. The quantitative estimate of drug-likeness (QED) is 0.388. The van der Waals surface area contributed by atoms with E-state index >= 15 is 0 Å². The third-order valence-electron chi connectivity index (χ3n) is 1.15. The van der Waals surface area contributed by atoms with Crippen LogP contribution in [0.2, 0.25) is 0 Å². The van der Waals surface area contributed by atoms with Crippen LogP contribution in [0.5, 0.6) is 0 Å². The molecule has 0 aromatic rings. The number of esters is 1. The van der Waals surface area contributed by atoms with Gasteiger partial charge in [0.05, 0.1) is 0 Å². The van der Waals surface area contributed by atoms with Gasteiger partial charge in [0.25, 0.3) is 0 Å². The fourth-order valence-corrected chi connectivity index (χ4v) is 2.25. The van der Waals surface area contributed by atoms with Crippen molar-refractivity contribution in [2.75, 3.05) is 6.61 Å². The van der Waals surface area contributed by atoms with Crippen LogP contribution in [0.15, 0.2) is 34.0 Å². The van der Waals surface area contributed by atoms with Crippen molar-refractivity contribution in [3.05, 3.63) is 34.0 Å². The average Bonchev–Trinajstić information content (AvgIpc) is 2.52. The zero-order valence-corrected chi connectivity index (χ0v) is 8.14. The van der Waals surface area contributed by atoms with Crippen molar-refractivity contribution in [2.24, 2.45) is 0 Å². The van der Waals surface area contributed by atoms with E-state index in [-0.39, 0.29) is 21.7 Å². The van der Waals surface area contributed by atoms with Gasteiger partial charge in [-0.1, -0.05) is 0 Å². The van der Waals surface area contributed by atoms with Gasteiger partial charge in [-0.05, 0) is 0 Å². The van der Waals surface area contributed by atoms with E-state index in [0.717, 1.165) is 4.36 Å². The second kappa shape index (κ2) is 4.19. The van der Waals surface area contributed by atoms with E-state index in [4.69, 9.17) is 4.74 Å². The summed E-state index contributed by atoms with van der Waals surface area (Å²) in [6, 6.07) is 0. The Morgan fingerprint density at radius 2 is 2.64 bits per heavy atom. The molecular formula is C8H9AsO2. The van der Waals surface area contributed by atoms with E-state index in [9.17, 15) is 4.79 Å². The Balaban J connectivity index is 2.36. The predicted molar refractivity (Wildman–Crippen MR) is 45.5 cm³/mol. The topological polar surface area (TPSA) is 26.3 Å². The molecule has 1 aliphatic rings. The van der Waals surface area contributed by atoms with Crippen LogP contribution in [0.4, 0.5) is 0 Å². The van der Waals surface area contributed by atoms with E-state index < -0.39 is 0 Å². The number of hydrogen-bond acceptors (Lipinski definition) is 2. The Hall–Kier alpha value is -0.752. The first-order chi connectivity index (χ1) is 5.34. The Labute approximate surface area is 72.3 Å². The van der Waals surface area contributed by atoms with Gasteiger partial charge in [0.2, 0.25) is 0 Å². The number of ether oxygens (including phenoxy) is 1. The molecule has 0 radical (unpaired) electrons. The Morgan fingerprint density at radius 3 is 3.18 bits per heavy atom. The van der Waals surface area contributed by atoms with Crippen LogP contribution in [-0.4, -0.2) is 28.3 Å². The summed E-state index contributed by atoms with van der Waals surface area (Å²) >= 11 is -0.333. The zero-order valence-electron chi connectivity index (χ0n) is 6.04. The van der Waals surface area contributed by atoms with Crippen LogP contribution in [0.3, 0.4) is 0 Å². The molecule has 1 heterocycles. The summed E-state index contributed by atoms with van der Waals surface area (Å²) in [7, 11) is 0. The van der Waals surface area contributed by atoms with Crippen molar-refractivity contribution in [1.29, 1.82) is 0 Å². The molecule has 0 bridgehead atoms. The molecule has 0 aliphatic carbocycles. The van der Waals surface area contributed by atoms with E-state index in [1.807, 2.05) is 17.0 Å². The average molecular weight is 212 g/mol. The van der Waals surface area contributed by atoms with Crippen LogP contribution in [0.25, 0.3) is 0 Å². The molecule has 1 rings (SSSR count). The van der Waals surface area contributed by atoms with Crippen molar-refractivity contribution >= 4 is 21.7 Å². The van der Waals surface area contributed by atoms with Crippen molar-refractivity contribution < 1.29 is 9.53 Å². The van der Waals surface area contributed by atoms with Crippen molar-refractivity contribution in [3.63, 3.8) is 0 Å². The Bertz CT molecular complexity index is 228. The first-order valence-electron chi connectivity index (χ1n) is 3.26. The van der Waals surface area contributed by atoms with Gasteiger partial charge in [-0.15, -0.1) is 0 Å². The number of carbonyl (C=O) groups is 1. The maximum atomic E-state index is 11.1. The Kier molecular flexibility index (Phi) is 3.18. The molecule has 2 nitrogen and oxygen atoms in total. The van der Waals surface area contributed by atoms with Crippen LogP contribution < -0.4 is 0 Å². The van der Waals surface area contributed by atoms with Crippen molar-refractivity contribution in [2.45, 2.75) is 0 Å². The van der Waals surface area contributed by atoms with E-state index in [1.165, 1.54) is 0 Å². The normalized spacial score (nSPS) is 16.5. The molecule has 0 amide bonds. The molecule has 0 aromatic heterocycles. The third-order valence-corrected chi connectivity index (χ3v) is 3.33. The fourth-order valence-electron chi connectivity index (χ4n) is 0.670. The molecule has 58 valence electrons. The molecule has 0 spiro atoms. The first kappa shape index (κ1) is 8.35. The SMILES string of the molecule is C=CCOC(=O)C1=CC=C[AsH]1. The summed E-state index contributed by atoms with van der Waals surface area (Å²) in [6.07, 6.45) is 5.30.